The van der Waals surface area contributed by atoms with Gasteiger partial charge in [0.1, 0.15) is 17.0 Å². The highest BCUT2D eigenvalue weighted by Gasteiger charge is 2.35. The number of fused-ring (bicyclic) bond motifs is 4. The lowest BCUT2D eigenvalue weighted by Crippen LogP contribution is -2.32. The zero-order valence-electron chi connectivity index (χ0n) is 20.8. The van der Waals surface area contributed by atoms with Crippen molar-refractivity contribution in [1.82, 2.24) is 19.5 Å². The molecule has 0 atom stereocenters. The second kappa shape index (κ2) is 9.14. The van der Waals surface area contributed by atoms with E-state index in [1.807, 2.05) is 0 Å². The summed E-state index contributed by atoms with van der Waals surface area (Å²) in [4.78, 5) is 58.5. The van der Waals surface area contributed by atoms with Gasteiger partial charge in [-0.2, -0.15) is 5.10 Å². The number of benzene rings is 3. The first kappa shape index (κ1) is 23.9. The molecule has 0 fully saturated rings. The Labute approximate surface area is 219 Å². The number of aromatic amines is 2. The van der Waals surface area contributed by atoms with E-state index >= 15 is 0 Å². The summed E-state index contributed by atoms with van der Waals surface area (Å²) in [6, 6.07) is 16.9. The Morgan fingerprint density at radius 2 is 1.59 bits per heavy atom. The molecule has 0 bridgehead atoms. The normalized spacial score (nSPS) is 13.1. The van der Waals surface area contributed by atoms with Crippen molar-refractivity contribution in [2.24, 2.45) is 5.10 Å². The van der Waals surface area contributed by atoms with Gasteiger partial charge in [-0.1, -0.05) is 12.1 Å². The standard InChI is InChI=1S/C28H21N5O6/c1-38-17-8-9-21-20(12-17)23-24(30-21)27(36)33(28(37)31-23)29-13-15-7-10-22(39-2)16(11-15)14-32-25(34)18-5-3-4-6-19(18)26(32)35/h3-13,30H,14H2,1-2H3,(H,31,37)/b29-13-. The SMILES string of the molecule is COc1ccc2[nH]c3c(=O)n(/N=C\c4ccc(OC)c(CN5C(=O)c6ccccc6C5=O)c4)c(=O)[nH]c3c2c1. The predicted octanol–water partition coefficient (Wildman–Crippen LogP) is 2.87. The van der Waals surface area contributed by atoms with Crippen LogP contribution in [0, 0.1) is 0 Å². The van der Waals surface area contributed by atoms with Gasteiger partial charge in [0.25, 0.3) is 11.8 Å². The molecule has 2 aromatic heterocycles. The molecule has 1 aliphatic heterocycles. The number of nitrogens with zero attached hydrogens (tertiary/aromatic N) is 3. The first-order valence-electron chi connectivity index (χ1n) is 11.9. The lowest BCUT2D eigenvalue weighted by Gasteiger charge is -2.16. The number of imide groups is 1. The van der Waals surface area contributed by atoms with E-state index in [0.29, 0.717) is 50.2 Å². The quantitative estimate of drug-likeness (QED) is 0.259. The number of carbonyl (C=O) groups excluding carboxylic acids is 2. The zero-order valence-corrected chi connectivity index (χ0v) is 20.8. The molecular formula is C28H21N5O6. The van der Waals surface area contributed by atoms with E-state index in [4.69, 9.17) is 9.47 Å². The summed E-state index contributed by atoms with van der Waals surface area (Å²) in [5.41, 5.74) is 1.65. The van der Waals surface area contributed by atoms with Crippen molar-refractivity contribution in [1.29, 1.82) is 0 Å². The fraction of sp³-hybridized carbons (Fsp3) is 0.107. The van der Waals surface area contributed by atoms with Gasteiger partial charge in [-0.3, -0.25) is 19.3 Å². The number of H-pyrrole nitrogens is 2. The first-order chi connectivity index (χ1) is 18.9. The lowest BCUT2D eigenvalue weighted by atomic mass is 10.1. The average Bonchev–Trinajstić information content (AvgIpc) is 3.43. The fourth-order valence-corrected chi connectivity index (χ4v) is 4.73. The number of methoxy groups -OCH3 is 2. The summed E-state index contributed by atoms with van der Waals surface area (Å²) in [5, 5.41) is 4.76. The van der Waals surface area contributed by atoms with Crippen LogP contribution in [-0.4, -0.2) is 51.8 Å². The second-order valence-electron chi connectivity index (χ2n) is 8.89. The molecule has 11 nitrogen and oxygen atoms in total. The molecule has 11 heteroatoms. The highest BCUT2D eigenvalue weighted by atomic mass is 16.5. The largest absolute Gasteiger partial charge is 0.497 e. The number of carbonyl (C=O) groups is 2. The van der Waals surface area contributed by atoms with Gasteiger partial charge in [0.15, 0.2) is 0 Å². The molecular weight excluding hydrogens is 502 g/mol. The third-order valence-corrected chi connectivity index (χ3v) is 6.67. The van der Waals surface area contributed by atoms with Gasteiger partial charge in [0.05, 0.1) is 43.6 Å². The van der Waals surface area contributed by atoms with Crippen molar-refractivity contribution in [2.75, 3.05) is 14.2 Å². The Bertz CT molecular complexity index is 1930. The second-order valence-corrected chi connectivity index (χ2v) is 8.89. The molecule has 194 valence electrons. The maximum absolute atomic E-state index is 13.1. The van der Waals surface area contributed by atoms with Gasteiger partial charge in [-0.05, 0) is 54.1 Å². The summed E-state index contributed by atoms with van der Waals surface area (Å²) >= 11 is 0. The lowest BCUT2D eigenvalue weighted by molar-refractivity contribution is 0.0641. The van der Waals surface area contributed by atoms with Crippen molar-refractivity contribution < 1.29 is 19.1 Å². The van der Waals surface area contributed by atoms with Crippen LogP contribution in [-0.2, 0) is 6.54 Å². The number of aromatic nitrogens is 3. The topological polar surface area (TPSA) is 139 Å². The molecule has 0 radical (unpaired) electrons. The molecule has 2 N–H and O–H groups in total. The summed E-state index contributed by atoms with van der Waals surface area (Å²) in [6.45, 7) is -0.0256. The molecule has 0 unspecified atom stereocenters. The number of rotatable bonds is 6. The summed E-state index contributed by atoms with van der Waals surface area (Å²) in [6.07, 6.45) is 1.35. The van der Waals surface area contributed by atoms with Gasteiger partial charge < -0.3 is 19.4 Å². The number of amides is 2. The summed E-state index contributed by atoms with van der Waals surface area (Å²) < 4.78 is 11.4. The van der Waals surface area contributed by atoms with Crippen molar-refractivity contribution in [3.05, 3.63) is 104 Å². The van der Waals surface area contributed by atoms with E-state index in [9.17, 15) is 19.2 Å². The highest BCUT2D eigenvalue weighted by molar-refractivity contribution is 6.21. The van der Waals surface area contributed by atoms with Gasteiger partial charge in [0, 0.05) is 16.5 Å². The van der Waals surface area contributed by atoms with E-state index in [1.165, 1.54) is 20.4 Å². The van der Waals surface area contributed by atoms with E-state index in [2.05, 4.69) is 15.1 Å². The maximum Gasteiger partial charge on any atom is 0.350 e. The number of ether oxygens (including phenoxy) is 2. The Kier molecular flexibility index (Phi) is 5.60. The predicted molar refractivity (Wildman–Crippen MR) is 144 cm³/mol. The molecule has 5 aromatic rings. The van der Waals surface area contributed by atoms with Crippen LogP contribution >= 0.6 is 0 Å². The number of hydrogen-bond acceptors (Lipinski definition) is 7. The van der Waals surface area contributed by atoms with E-state index in [1.54, 1.807) is 60.7 Å². The smallest absolute Gasteiger partial charge is 0.350 e. The Hall–Kier alpha value is -5.45. The number of hydrogen-bond donors (Lipinski definition) is 2. The molecule has 0 aliphatic carbocycles. The van der Waals surface area contributed by atoms with Crippen LogP contribution in [0.4, 0.5) is 0 Å². The third-order valence-electron chi connectivity index (χ3n) is 6.67. The molecule has 0 spiro atoms. The summed E-state index contributed by atoms with van der Waals surface area (Å²) in [7, 11) is 3.02. The number of nitrogens with one attached hydrogen (secondary N) is 2. The molecule has 2 amide bonds. The zero-order chi connectivity index (χ0) is 27.3. The molecule has 3 aromatic carbocycles. The summed E-state index contributed by atoms with van der Waals surface area (Å²) in [5.74, 6) is 0.273. The van der Waals surface area contributed by atoms with Crippen molar-refractivity contribution in [2.45, 2.75) is 6.54 Å². The Morgan fingerprint density at radius 3 is 2.28 bits per heavy atom. The van der Waals surface area contributed by atoms with Gasteiger partial charge >= 0.3 is 11.2 Å². The van der Waals surface area contributed by atoms with Gasteiger partial charge in [-0.15, -0.1) is 4.68 Å². The van der Waals surface area contributed by atoms with Crippen LogP contribution in [0.25, 0.3) is 21.9 Å². The minimum atomic E-state index is -0.716. The Balaban J connectivity index is 1.35. The maximum atomic E-state index is 13.1. The highest BCUT2D eigenvalue weighted by Crippen LogP contribution is 2.28. The molecule has 0 saturated heterocycles. The minimum Gasteiger partial charge on any atom is -0.497 e. The van der Waals surface area contributed by atoms with Crippen LogP contribution in [0.5, 0.6) is 11.5 Å². The minimum absolute atomic E-state index is 0.0256. The monoisotopic (exact) mass is 523 g/mol. The van der Waals surface area contributed by atoms with Crippen LogP contribution in [0.2, 0.25) is 0 Å². The van der Waals surface area contributed by atoms with Crippen LogP contribution < -0.4 is 20.7 Å². The third kappa shape index (κ3) is 3.87. The van der Waals surface area contributed by atoms with Crippen LogP contribution in [0.3, 0.4) is 0 Å². The molecule has 0 saturated carbocycles. The van der Waals surface area contributed by atoms with Crippen molar-refractivity contribution >= 4 is 40.0 Å². The first-order valence-corrected chi connectivity index (χ1v) is 11.9. The Morgan fingerprint density at radius 1 is 0.846 bits per heavy atom. The van der Waals surface area contributed by atoms with Crippen molar-refractivity contribution in [3.63, 3.8) is 0 Å². The van der Waals surface area contributed by atoms with Crippen LogP contribution in [0.1, 0.15) is 31.8 Å². The van der Waals surface area contributed by atoms with E-state index in [0.717, 1.165) is 9.58 Å². The van der Waals surface area contributed by atoms with E-state index < -0.39 is 11.2 Å². The van der Waals surface area contributed by atoms with Gasteiger partial charge in [0.2, 0.25) is 0 Å². The molecule has 1 aliphatic rings. The molecule has 39 heavy (non-hydrogen) atoms. The molecule has 6 rings (SSSR count). The van der Waals surface area contributed by atoms with E-state index in [-0.39, 0.29) is 23.9 Å². The van der Waals surface area contributed by atoms with Crippen molar-refractivity contribution in [3.8, 4) is 11.5 Å². The van der Waals surface area contributed by atoms with Crippen LogP contribution in [0.15, 0.2) is 75.4 Å². The van der Waals surface area contributed by atoms with Gasteiger partial charge in [-0.25, -0.2) is 4.79 Å². The average molecular weight is 524 g/mol. The molecule has 3 heterocycles. The fourth-order valence-electron chi connectivity index (χ4n) is 4.73.